The van der Waals surface area contributed by atoms with Gasteiger partial charge in [-0.2, -0.15) is 0 Å². The van der Waals surface area contributed by atoms with Crippen LogP contribution >= 0.6 is 23.8 Å². The molecule has 110 valence electrons. The summed E-state index contributed by atoms with van der Waals surface area (Å²) in [4.78, 5) is 37.4. The van der Waals surface area contributed by atoms with Crippen molar-refractivity contribution in [1.29, 1.82) is 0 Å². The van der Waals surface area contributed by atoms with Gasteiger partial charge in [-0.25, -0.2) is 4.90 Å². The SMILES string of the molecule is CCOC(=O)CN1C(=O)C(=O)N(c2cccc(Cl)c2)C1=S. The van der Waals surface area contributed by atoms with E-state index in [0.717, 1.165) is 9.80 Å². The Bertz CT molecular complexity index is 634. The van der Waals surface area contributed by atoms with Crippen molar-refractivity contribution in [3.8, 4) is 0 Å². The largest absolute Gasteiger partial charge is 0.465 e. The number of benzene rings is 1. The van der Waals surface area contributed by atoms with E-state index in [1.54, 1.807) is 25.1 Å². The molecule has 1 aliphatic heterocycles. The zero-order valence-electron chi connectivity index (χ0n) is 11.0. The van der Waals surface area contributed by atoms with E-state index in [1.165, 1.54) is 6.07 Å². The third-order valence-electron chi connectivity index (χ3n) is 2.71. The Kier molecular flexibility index (Phi) is 4.54. The highest BCUT2D eigenvalue weighted by Gasteiger charge is 2.43. The van der Waals surface area contributed by atoms with E-state index in [4.69, 9.17) is 28.6 Å². The first-order valence-electron chi connectivity index (χ1n) is 6.06. The molecule has 2 amide bonds. The van der Waals surface area contributed by atoms with Gasteiger partial charge in [-0.3, -0.25) is 19.3 Å². The Hall–Kier alpha value is -1.99. The van der Waals surface area contributed by atoms with Crippen molar-refractivity contribution in [1.82, 2.24) is 4.90 Å². The van der Waals surface area contributed by atoms with E-state index in [2.05, 4.69) is 0 Å². The standard InChI is InChI=1S/C13H11ClN2O4S/c1-2-20-10(17)7-15-11(18)12(19)16(13(15)21)9-5-3-4-8(14)6-9/h3-6H,2,7H2,1H3. The molecule has 1 heterocycles. The van der Waals surface area contributed by atoms with Crippen LogP contribution in [-0.2, 0) is 19.1 Å². The van der Waals surface area contributed by atoms with Crippen molar-refractivity contribution in [3.05, 3.63) is 29.3 Å². The van der Waals surface area contributed by atoms with E-state index in [1.807, 2.05) is 0 Å². The molecule has 0 aromatic heterocycles. The molecule has 0 bridgehead atoms. The number of rotatable bonds is 4. The summed E-state index contributed by atoms with van der Waals surface area (Å²) in [5, 5.41) is 0.333. The highest BCUT2D eigenvalue weighted by Crippen LogP contribution is 2.25. The van der Waals surface area contributed by atoms with E-state index in [9.17, 15) is 14.4 Å². The molecular formula is C13H11ClN2O4S. The van der Waals surface area contributed by atoms with Crippen LogP contribution in [0.15, 0.2) is 24.3 Å². The van der Waals surface area contributed by atoms with Gasteiger partial charge in [-0.05, 0) is 37.3 Å². The average Bonchev–Trinajstić information content (AvgIpc) is 2.63. The number of thiocarbonyl (C=S) groups is 1. The number of amides is 2. The smallest absolute Gasteiger partial charge is 0.326 e. The van der Waals surface area contributed by atoms with E-state index in [-0.39, 0.29) is 11.7 Å². The van der Waals surface area contributed by atoms with Gasteiger partial charge in [0.25, 0.3) is 0 Å². The van der Waals surface area contributed by atoms with Crippen LogP contribution in [-0.4, -0.2) is 40.9 Å². The molecule has 2 rings (SSSR count). The monoisotopic (exact) mass is 326 g/mol. The second kappa shape index (κ2) is 6.19. The lowest BCUT2D eigenvalue weighted by molar-refractivity contribution is -0.147. The van der Waals surface area contributed by atoms with Crippen molar-refractivity contribution in [3.63, 3.8) is 0 Å². The van der Waals surface area contributed by atoms with E-state index >= 15 is 0 Å². The zero-order chi connectivity index (χ0) is 15.6. The molecule has 1 aromatic rings. The van der Waals surface area contributed by atoms with Crippen molar-refractivity contribution in [2.75, 3.05) is 18.1 Å². The van der Waals surface area contributed by atoms with Crippen molar-refractivity contribution < 1.29 is 19.1 Å². The number of ether oxygens (including phenoxy) is 1. The third kappa shape index (κ3) is 3.03. The van der Waals surface area contributed by atoms with Gasteiger partial charge in [-0.15, -0.1) is 0 Å². The first kappa shape index (κ1) is 15.4. The van der Waals surface area contributed by atoms with Crippen LogP contribution in [0, 0.1) is 0 Å². The first-order chi connectivity index (χ1) is 9.95. The minimum Gasteiger partial charge on any atom is -0.465 e. The van der Waals surface area contributed by atoms with Gasteiger partial charge < -0.3 is 4.74 Å². The molecule has 0 saturated carbocycles. The van der Waals surface area contributed by atoms with Crippen LogP contribution < -0.4 is 4.90 Å². The molecule has 1 fully saturated rings. The Labute approximate surface area is 131 Å². The summed E-state index contributed by atoms with van der Waals surface area (Å²) in [6.07, 6.45) is 0. The van der Waals surface area contributed by atoms with E-state index < -0.39 is 24.3 Å². The number of carbonyl (C=O) groups excluding carboxylic acids is 3. The summed E-state index contributed by atoms with van der Waals surface area (Å²) in [5.41, 5.74) is 0.372. The molecule has 21 heavy (non-hydrogen) atoms. The van der Waals surface area contributed by atoms with Crippen molar-refractivity contribution in [2.45, 2.75) is 6.92 Å². The maximum atomic E-state index is 12.0. The van der Waals surface area contributed by atoms with Gasteiger partial charge in [0, 0.05) is 5.02 Å². The Morgan fingerprint density at radius 2 is 2.05 bits per heavy atom. The first-order valence-corrected chi connectivity index (χ1v) is 6.85. The van der Waals surface area contributed by atoms with Gasteiger partial charge in [0.15, 0.2) is 5.11 Å². The van der Waals surface area contributed by atoms with Gasteiger partial charge in [0.1, 0.15) is 6.54 Å². The summed E-state index contributed by atoms with van der Waals surface area (Å²) < 4.78 is 4.75. The predicted octanol–water partition coefficient (Wildman–Crippen LogP) is 1.36. The fourth-order valence-corrected chi connectivity index (χ4v) is 2.34. The van der Waals surface area contributed by atoms with Crippen LogP contribution in [0.4, 0.5) is 5.69 Å². The fourth-order valence-electron chi connectivity index (χ4n) is 1.82. The lowest BCUT2D eigenvalue weighted by Crippen LogP contribution is -2.37. The number of nitrogens with zero attached hydrogens (tertiary/aromatic N) is 2. The Morgan fingerprint density at radius 1 is 1.33 bits per heavy atom. The van der Waals surface area contributed by atoms with Crippen molar-refractivity contribution >= 4 is 52.4 Å². The number of halogens is 1. The van der Waals surface area contributed by atoms with Crippen LogP contribution in [0.1, 0.15) is 6.92 Å². The summed E-state index contributed by atoms with van der Waals surface area (Å²) in [6, 6.07) is 6.36. The lowest BCUT2D eigenvalue weighted by Gasteiger charge is -2.18. The Morgan fingerprint density at radius 3 is 2.67 bits per heavy atom. The molecule has 1 aromatic carbocycles. The fraction of sp³-hybridized carbons (Fsp3) is 0.231. The molecule has 6 nitrogen and oxygen atoms in total. The second-order valence-corrected chi connectivity index (χ2v) is 4.90. The summed E-state index contributed by atoms with van der Waals surface area (Å²) in [6.45, 7) is 1.43. The number of carbonyl (C=O) groups is 3. The molecule has 0 unspecified atom stereocenters. The molecule has 0 spiro atoms. The molecule has 1 aliphatic rings. The van der Waals surface area contributed by atoms with Gasteiger partial charge in [0.05, 0.1) is 12.3 Å². The molecular weight excluding hydrogens is 316 g/mol. The second-order valence-electron chi connectivity index (χ2n) is 4.10. The Balaban J connectivity index is 2.26. The molecule has 1 saturated heterocycles. The van der Waals surface area contributed by atoms with Crippen LogP contribution in [0.3, 0.4) is 0 Å². The summed E-state index contributed by atoms with van der Waals surface area (Å²) in [7, 11) is 0. The highest BCUT2D eigenvalue weighted by molar-refractivity contribution is 7.80. The lowest BCUT2D eigenvalue weighted by atomic mass is 10.3. The maximum absolute atomic E-state index is 12.0. The molecule has 0 aliphatic carbocycles. The highest BCUT2D eigenvalue weighted by atomic mass is 35.5. The van der Waals surface area contributed by atoms with Crippen LogP contribution in [0.2, 0.25) is 5.02 Å². The van der Waals surface area contributed by atoms with E-state index in [0.29, 0.717) is 10.7 Å². The zero-order valence-corrected chi connectivity index (χ0v) is 12.6. The molecule has 0 radical (unpaired) electrons. The predicted molar refractivity (Wildman–Crippen MR) is 79.9 cm³/mol. The topological polar surface area (TPSA) is 66.9 Å². The molecule has 0 N–H and O–H groups in total. The quantitative estimate of drug-likeness (QED) is 0.475. The summed E-state index contributed by atoms with van der Waals surface area (Å²) in [5.74, 6) is -2.33. The van der Waals surface area contributed by atoms with Gasteiger partial charge >= 0.3 is 17.8 Å². The van der Waals surface area contributed by atoms with Crippen molar-refractivity contribution in [2.24, 2.45) is 0 Å². The van der Waals surface area contributed by atoms with Crippen LogP contribution in [0.25, 0.3) is 0 Å². The van der Waals surface area contributed by atoms with Gasteiger partial charge in [-0.1, -0.05) is 17.7 Å². The number of hydrogen-bond acceptors (Lipinski definition) is 5. The third-order valence-corrected chi connectivity index (χ3v) is 3.35. The van der Waals surface area contributed by atoms with Gasteiger partial charge in [0.2, 0.25) is 0 Å². The molecule has 8 heteroatoms. The number of esters is 1. The minimum atomic E-state index is -0.868. The minimum absolute atomic E-state index is 0.0691. The number of anilines is 1. The maximum Gasteiger partial charge on any atom is 0.326 e. The summed E-state index contributed by atoms with van der Waals surface area (Å²) >= 11 is 11.0. The molecule has 0 atom stereocenters. The van der Waals surface area contributed by atoms with Crippen LogP contribution in [0.5, 0.6) is 0 Å². The number of hydrogen-bond donors (Lipinski definition) is 0. The normalized spacial score (nSPS) is 14.9. The average molecular weight is 327 g/mol.